The largest absolute Gasteiger partial charge is 0.329 e. The van der Waals surface area contributed by atoms with Gasteiger partial charge in [0.1, 0.15) is 0 Å². The Morgan fingerprint density at radius 1 is 1.22 bits per heavy atom. The minimum atomic E-state index is -3.14. The molecule has 0 fully saturated rings. The van der Waals surface area contributed by atoms with Crippen LogP contribution in [0.25, 0.3) is 11.1 Å². The van der Waals surface area contributed by atoms with E-state index in [4.69, 9.17) is 5.73 Å². The first-order valence-corrected chi connectivity index (χ1v) is 7.43. The summed E-state index contributed by atoms with van der Waals surface area (Å²) in [4.78, 5) is 0.320. The molecule has 0 saturated heterocycles. The van der Waals surface area contributed by atoms with Gasteiger partial charge in [-0.2, -0.15) is 5.10 Å². The molecule has 1 heterocycles. The number of rotatable bonds is 4. The average molecular weight is 265 g/mol. The fraction of sp³-hybridized carbons (Fsp3) is 0.250. The standard InChI is InChI=1S/C12H15N3O2S/c1-18(16,17)12-4-2-10(3-5-12)11-8-14-15(9-11)7-6-13/h2-5,8-9H,6-7,13H2,1H3. The maximum absolute atomic E-state index is 11.3. The Labute approximate surface area is 106 Å². The molecule has 0 atom stereocenters. The van der Waals surface area contributed by atoms with Crippen LogP contribution >= 0.6 is 0 Å². The predicted octanol–water partition coefficient (Wildman–Crippen LogP) is 0.912. The van der Waals surface area contributed by atoms with E-state index >= 15 is 0 Å². The highest BCUT2D eigenvalue weighted by Gasteiger charge is 2.07. The SMILES string of the molecule is CS(=O)(=O)c1ccc(-c2cnn(CCN)c2)cc1. The van der Waals surface area contributed by atoms with Gasteiger partial charge in [-0.25, -0.2) is 8.42 Å². The second kappa shape index (κ2) is 4.91. The van der Waals surface area contributed by atoms with Crippen LogP contribution in [0.15, 0.2) is 41.6 Å². The van der Waals surface area contributed by atoms with Crippen LogP contribution in [-0.4, -0.2) is 31.0 Å². The molecule has 0 aliphatic heterocycles. The highest BCUT2D eigenvalue weighted by molar-refractivity contribution is 7.90. The van der Waals surface area contributed by atoms with E-state index < -0.39 is 9.84 Å². The summed E-state index contributed by atoms with van der Waals surface area (Å²) in [5.41, 5.74) is 7.33. The Bertz CT molecular complexity index is 630. The monoisotopic (exact) mass is 265 g/mol. The van der Waals surface area contributed by atoms with Crippen molar-refractivity contribution in [2.24, 2.45) is 5.73 Å². The molecule has 0 radical (unpaired) electrons. The van der Waals surface area contributed by atoms with Gasteiger partial charge in [0.25, 0.3) is 0 Å². The van der Waals surface area contributed by atoms with E-state index in [0.717, 1.165) is 11.1 Å². The van der Waals surface area contributed by atoms with Gasteiger partial charge in [0.2, 0.25) is 0 Å². The highest BCUT2D eigenvalue weighted by Crippen LogP contribution is 2.20. The summed E-state index contributed by atoms with van der Waals surface area (Å²) in [7, 11) is -3.14. The van der Waals surface area contributed by atoms with E-state index in [0.29, 0.717) is 18.0 Å². The molecule has 2 rings (SSSR count). The lowest BCUT2D eigenvalue weighted by molar-refractivity contribution is 0.602. The van der Waals surface area contributed by atoms with Crippen LogP contribution < -0.4 is 5.73 Å². The lowest BCUT2D eigenvalue weighted by atomic mass is 10.1. The molecule has 0 aliphatic carbocycles. The molecule has 2 aromatic rings. The van der Waals surface area contributed by atoms with E-state index in [1.165, 1.54) is 6.26 Å². The molecule has 96 valence electrons. The van der Waals surface area contributed by atoms with Crippen LogP contribution in [0.3, 0.4) is 0 Å². The number of nitrogens with two attached hydrogens (primary N) is 1. The molecule has 1 aromatic carbocycles. The summed E-state index contributed by atoms with van der Waals surface area (Å²) < 4.78 is 24.4. The van der Waals surface area contributed by atoms with Crippen LogP contribution in [0, 0.1) is 0 Å². The normalized spacial score (nSPS) is 11.7. The van der Waals surface area contributed by atoms with Crippen LogP contribution in [0.5, 0.6) is 0 Å². The molecule has 18 heavy (non-hydrogen) atoms. The first-order valence-electron chi connectivity index (χ1n) is 5.54. The Morgan fingerprint density at radius 3 is 2.44 bits per heavy atom. The van der Waals surface area contributed by atoms with Gasteiger partial charge in [0, 0.05) is 24.6 Å². The van der Waals surface area contributed by atoms with Gasteiger partial charge >= 0.3 is 0 Å². The second-order valence-electron chi connectivity index (χ2n) is 4.08. The highest BCUT2D eigenvalue weighted by atomic mass is 32.2. The van der Waals surface area contributed by atoms with E-state index in [-0.39, 0.29) is 0 Å². The van der Waals surface area contributed by atoms with Crippen molar-refractivity contribution in [3.63, 3.8) is 0 Å². The van der Waals surface area contributed by atoms with Gasteiger partial charge < -0.3 is 5.73 Å². The maximum atomic E-state index is 11.3. The van der Waals surface area contributed by atoms with Gasteiger partial charge in [0.15, 0.2) is 9.84 Å². The third-order valence-corrected chi connectivity index (χ3v) is 3.74. The Balaban J connectivity index is 2.28. The summed E-state index contributed by atoms with van der Waals surface area (Å²) in [6.45, 7) is 1.20. The molecule has 1 aromatic heterocycles. The fourth-order valence-corrected chi connectivity index (χ4v) is 2.29. The summed E-state index contributed by atoms with van der Waals surface area (Å²) >= 11 is 0. The Morgan fingerprint density at radius 2 is 1.89 bits per heavy atom. The summed E-state index contributed by atoms with van der Waals surface area (Å²) in [5, 5.41) is 4.17. The second-order valence-corrected chi connectivity index (χ2v) is 6.09. The minimum Gasteiger partial charge on any atom is -0.329 e. The molecule has 6 heteroatoms. The minimum absolute atomic E-state index is 0.320. The van der Waals surface area contributed by atoms with Gasteiger partial charge in [-0.3, -0.25) is 4.68 Å². The number of hydrogen-bond acceptors (Lipinski definition) is 4. The fourth-order valence-electron chi connectivity index (χ4n) is 1.66. The molecule has 0 amide bonds. The first kappa shape index (κ1) is 12.8. The number of nitrogens with zero attached hydrogens (tertiary/aromatic N) is 2. The predicted molar refractivity (Wildman–Crippen MR) is 69.8 cm³/mol. The van der Waals surface area contributed by atoms with Gasteiger partial charge in [-0.1, -0.05) is 12.1 Å². The smallest absolute Gasteiger partial charge is 0.175 e. The van der Waals surface area contributed by atoms with Gasteiger partial charge in [-0.05, 0) is 17.7 Å². The average Bonchev–Trinajstić information content (AvgIpc) is 2.77. The summed E-state index contributed by atoms with van der Waals surface area (Å²) in [6, 6.07) is 6.76. The van der Waals surface area contributed by atoms with Crippen molar-refractivity contribution in [1.29, 1.82) is 0 Å². The van der Waals surface area contributed by atoms with Crippen molar-refractivity contribution in [3.05, 3.63) is 36.7 Å². The number of hydrogen-bond donors (Lipinski definition) is 1. The van der Waals surface area contributed by atoms with E-state index in [2.05, 4.69) is 5.10 Å². The molecule has 2 N–H and O–H groups in total. The van der Waals surface area contributed by atoms with Crippen molar-refractivity contribution >= 4 is 9.84 Å². The van der Waals surface area contributed by atoms with Crippen LogP contribution in [-0.2, 0) is 16.4 Å². The van der Waals surface area contributed by atoms with E-state index in [1.807, 2.05) is 6.20 Å². The quantitative estimate of drug-likeness (QED) is 0.891. The first-order chi connectivity index (χ1) is 8.50. The maximum Gasteiger partial charge on any atom is 0.175 e. The van der Waals surface area contributed by atoms with Crippen molar-refractivity contribution in [1.82, 2.24) is 9.78 Å². The number of sulfone groups is 1. The van der Waals surface area contributed by atoms with Crippen molar-refractivity contribution in [3.8, 4) is 11.1 Å². The van der Waals surface area contributed by atoms with Crippen molar-refractivity contribution in [2.45, 2.75) is 11.4 Å². The topological polar surface area (TPSA) is 78.0 Å². The van der Waals surface area contributed by atoms with Crippen LogP contribution in [0.2, 0.25) is 0 Å². The molecule has 5 nitrogen and oxygen atoms in total. The number of benzene rings is 1. The molecule has 0 unspecified atom stereocenters. The van der Waals surface area contributed by atoms with Crippen molar-refractivity contribution in [2.75, 3.05) is 12.8 Å². The summed E-state index contributed by atoms with van der Waals surface area (Å²) in [6.07, 6.45) is 4.83. The molecule has 0 bridgehead atoms. The molecule has 0 saturated carbocycles. The Hall–Kier alpha value is -1.66. The van der Waals surface area contributed by atoms with Gasteiger partial charge in [-0.15, -0.1) is 0 Å². The molecule has 0 spiro atoms. The number of aromatic nitrogens is 2. The lowest BCUT2D eigenvalue weighted by Crippen LogP contribution is -2.09. The van der Waals surface area contributed by atoms with Crippen LogP contribution in [0.1, 0.15) is 0 Å². The van der Waals surface area contributed by atoms with E-state index in [9.17, 15) is 8.42 Å². The third kappa shape index (κ3) is 2.77. The van der Waals surface area contributed by atoms with E-state index in [1.54, 1.807) is 35.1 Å². The molecular weight excluding hydrogens is 250 g/mol. The van der Waals surface area contributed by atoms with Gasteiger partial charge in [0.05, 0.1) is 17.6 Å². The lowest BCUT2D eigenvalue weighted by Gasteiger charge is -2.00. The zero-order valence-corrected chi connectivity index (χ0v) is 10.9. The van der Waals surface area contributed by atoms with Crippen molar-refractivity contribution < 1.29 is 8.42 Å². The molecule has 0 aliphatic rings. The summed E-state index contributed by atoms with van der Waals surface area (Å²) in [5.74, 6) is 0. The third-order valence-electron chi connectivity index (χ3n) is 2.61. The zero-order chi connectivity index (χ0) is 13.2. The zero-order valence-electron chi connectivity index (χ0n) is 10.1. The molecular formula is C12H15N3O2S. The van der Waals surface area contributed by atoms with Crippen LogP contribution in [0.4, 0.5) is 0 Å². The Kier molecular flexibility index (Phi) is 3.49.